The van der Waals surface area contributed by atoms with E-state index in [4.69, 9.17) is 0 Å². The molecule has 1 aromatic heterocycles. The Bertz CT molecular complexity index is 688. The molecule has 0 fully saturated rings. The van der Waals surface area contributed by atoms with Crippen LogP contribution in [0, 0.1) is 19.7 Å². The quantitative estimate of drug-likeness (QED) is 0.631. The number of nitrogens with zero attached hydrogens (tertiary/aromatic N) is 3. The van der Waals surface area contributed by atoms with Crippen molar-refractivity contribution < 1.29 is 4.39 Å². The van der Waals surface area contributed by atoms with E-state index < -0.39 is 0 Å². The van der Waals surface area contributed by atoms with Gasteiger partial charge in [0.05, 0.1) is 12.2 Å². The number of aromatic nitrogens is 2. The molecule has 1 heterocycles. The van der Waals surface area contributed by atoms with Crippen LogP contribution in [0.15, 0.2) is 29.3 Å². The summed E-state index contributed by atoms with van der Waals surface area (Å²) in [4.78, 5) is 4.65. The molecule has 5 nitrogen and oxygen atoms in total. The lowest BCUT2D eigenvalue weighted by atomic mass is 10.1. The van der Waals surface area contributed by atoms with Crippen LogP contribution < -0.4 is 10.6 Å². The predicted molar refractivity (Wildman–Crippen MR) is 95.6 cm³/mol. The summed E-state index contributed by atoms with van der Waals surface area (Å²) in [6, 6.07) is 6.60. The zero-order valence-electron chi connectivity index (χ0n) is 14.9. The minimum atomic E-state index is -0.205. The predicted octanol–water partition coefficient (Wildman–Crippen LogP) is 2.47. The van der Waals surface area contributed by atoms with E-state index in [1.54, 1.807) is 0 Å². The van der Waals surface area contributed by atoms with Crippen molar-refractivity contribution in [1.29, 1.82) is 0 Å². The Labute approximate surface area is 143 Å². The molecule has 0 aliphatic rings. The Morgan fingerprint density at radius 3 is 2.50 bits per heavy atom. The van der Waals surface area contributed by atoms with Gasteiger partial charge in [-0.05, 0) is 44.9 Å². The van der Waals surface area contributed by atoms with E-state index in [0.29, 0.717) is 6.54 Å². The molecule has 0 atom stereocenters. The van der Waals surface area contributed by atoms with Crippen molar-refractivity contribution in [2.75, 3.05) is 13.1 Å². The Balaban J connectivity index is 1.94. The fourth-order valence-electron chi connectivity index (χ4n) is 2.52. The van der Waals surface area contributed by atoms with Gasteiger partial charge in [0.15, 0.2) is 5.96 Å². The van der Waals surface area contributed by atoms with Crippen molar-refractivity contribution in [3.63, 3.8) is 0 Å². The van der Waals surface area contributed by atoms with Gasteiger partial charge in [-0.1, -0.05) is 12.1 Å². The molecule has 0 spiro atoms. The van der Waals surface area contributed by atoms with Crippen molar-refractivity contribution >= 4 is 5.96 Å². The number of hydrogen-bond acceptors (Lipinski definition) is 2. The topological polar surface area (TPSA) is 54.2 Å². The summed E-state index contributed by atoms with van der Waals surface area (Å²) in [6.07, 6.45) is 0.815. The number of hydrogen-bond donors (Lipinski definition) is 2. The van der Waals surface area contributed by atoms with Crippen molar-refractivity contribution in [3.8, 4) is 0 Å². The average Bonchev–Trinajstić information content (AvgIpc) is 2.80. The average molecular weight is 331 g/mol. The molecule has 2 rings (SSSR count). The van der Waals surface area contributed by atoms with Gasteiger partial charge in [-0.15, -0.1) is 0 Å². The summed E-state index contributed by atoms with van der Waals surface area (Å²) in [6.45, 7) is 8.23. The lowest BCUT2D eigenvalue weighted by Crippen LogP contribution is -2.38. The summed E-state index contributed by atoms with van der Waals surface area (Å²) in [5, 5.41) is 11.0. The van der Waals surface area contributed by atoms with Crippen LogP contribution in [0.25, 0.3) is 0 Å². The number of nitrogens with one attached hydrogen (secondary N) is 2. The molecule has 0 saturated carbocycles. The van der Waals surface area contributed by atoms with Gasteiger partial charge in [0.1, 0.15) is 5.82 Å². The molecule has 0 amide bonds. The zero-order chi connectivity index (χ0) is 17.5. The van der Waals surface area contributed by atoms with Crippen molar-refractivity contribution in [3.05, 3.63) is 52.6 Å². The minimum absolute atomic E-state index is 0.205. The molecule has 2 N–H and O–H groups in total. The maximum atomic E-state index is 12.9. The largest absolute Gasteiger partial charge is 0.357 e. The fourth-order valence-corrected chi connectivity index (χ4v) is 2.52. The summed E-state index contributed by atoms with van der Waals surface area (Å²) < 4.78 is 14.8. The molecule has 0 bridgehead atoms. The molecule has 2 aromatic rings. The lowest BCUT2D eigenvalue weighted by molar-refractivity contribution is 0.626. The Morgan fingerprint density at radius 2 is 1.92 bits per heavy atom. The molecule has 0 radical (unpaired) electrons. The number of aliphatic imine (C=N–C) groups is 1. The molecule has 24 heavy (non-hydrogen) atoms. The summed E-state index contributed by atoms with van der Waals surface area (Å²) >= 11 is 0. The number of rotatable bonds is 6. The Morgan fingerprint density at radius 1 is 1.21 bits per heavy atom. The SMILES string of the molecule is CCNC(=NCc1c(C)nn(C)c1C)NCCc1ccc(F)cc1. The van der Waals surface area contributed by atoms with Gasteiger partial charge in [-0.25, -0.2) is 9.38 Å². The first-order valence-corrected chi connectivity index (χ1v) is 8.27. The third kappa shape index (κ3) is 4.81. The van der Waals surface area contributed by atoms with Crippen LogP contribution in [0.4, 0.5) is 4.39 Å². The molecule has 130 valence electrons. The molecule has 6 heteroatoms. The monoisotopic (exact) mass is 331 g/mol. The van der Waals surface area contributed by atoms with Crippen LogP contribution in [0.1, 0.15) is 29.4 Å². The highest BCUT2D eigenvalue weighted by Gasteiger charge is 2.08. The van der Waals surface area contributed by atoms with Gasteiger partial charge < -0.3 is 10.6 Å². The number of guanidine groups is 1. The first kappa shape index (κ1) is 18.0. The van der Waals surface area contributed by atoms with E-state index in [0.717, 1.165) is 48.0 Å². The van der Waals surface area contributed by atoms with Crippen LogP contribution in [-0.4, -0.2) is 28.8 Å². The third-order valence-corrected chi connectivity index (χ3v) is 4.02. The maximum absolute atomic E-state index is 12.9. The summed E-state index contributed by atoms with van der Waals surface area (Å²) in [5.74, 6) is 0.575. The van der Waals surface area contributed by atoms with E-state index >= 15 is 0 Å². The summed E-state index contributed by atoms with van der Waals surface area (Å²) in [5.41, 5.74) is 4.41. The second-order valence-electron chi connectivity index (χ2n) is 5.77. The highest BCUT2D eigenvalue weighted by Crippen LogP contribution is 2.12. The molecule has 0 aliphatic heterocycles. The maximum Gasteiger partial charge on any atom is 0.191 e. The highest BCUT2D eigenvalue weighted by atomic mass is 19.1. The van der Waals surface area contributed by atoms with Gasteiger partial charge in [0.2, 0.25) is 0 Å². The second-order valence-corrected chi connectivity index (χ2v) is 5.77. The molecule has 0 aliphatic carbocycles. The van der Waals surface area contributed by atoms with E-state index in [-0.39, 0.29) is 5.82 Å². The van der Waals surface area contributed by atoms with E-state index in [1.807, 2.05) is 37.7 Å². The van der Waals surface area contributed by atoms with Crippen molar-refractivity contribution in [2.24, 2.45) is 12.0 Å². The molecule has 1 aromatic carbocycles. The van der Waals surface area contributed by atoms with Crippen molar-refractivity contribution in [2.45, 2.75) is 33.7 Å². The van der Waals surface area contributed by atoms with Gasteiger partial charge in [-0.2, -0.15) is 5.10 Å². The first-order valence-electron chi connectivity index (χ1n) is 8.27. The van der Waals surface area contributed by atoms with Crippen LogP contribution >= 0.6 is 0 Å². The normalized spacial score (nSPS) is 11.6. The zero-order valence-corrected chi connectivity index (χ0v) is 14.9. The van der Waals surface area contributed by atoms with Crippen LogP contribution in [0.5, 0.6) is 0 Å². The van der Waals surface area contributed by atoms with Gasteiger partial charge in [0.25, 0.3) is 0 Å². The first-order chi connectivity index (χ1) is 11.5. The summed E-state index contributed by atoms with van der Waals surface area (Å²) in [7, 11) is 1.95. The van der Waals surface area contributed by atoms with Gasteiger partial charge in [0, 0.05) is 31.4 Å². The minimum Gasteiger partial charge on any atom is -0.357 e. The molecular weight excluding hydrogens is 305 g/mol. The van der Waals surface area contributed by atoms with Gasteiger partial charge in [-0.3, -0.25) is 4.68 Å². The smallest absolute Gasteiger partial charge is 0.191 e. The van der Waals surface area contributed by atoms with Crippen molar-refractivity contribution in [1.82, 2.24) is 20.4 Å². The Hall–Kier alpha value is -2.37. The number of benzene rings is 1. The van der Waals surface area contributed by atoms with Crippen LogP contribution in [0.3, 0.4) is 0 Å². The standard InChI is InChI=1S/C18H26FN5/c1-5-20-18(21-11-10-15-6-8-16(19)9-7-15)22-12-17-13(2)23-24(4)14(17)3/h6-9H,5,10-12H2,1-4H3,(H2,20,21,22). The molecular formula is C18H26FN5. The van der Waals surface area contributed by atoms with E-state index in [2.05, 4.69) is 27.6 Å². The van der Waals surface area contributed by atoms with Crippen LogP contribution in [-0.2, 0) is 20.0 Å². The lowest BCUT2D eigenvalue weighted by Gasteiger charge is -2.11. The Kier molecular flexibility index (Phi) is 6.35. The van der Waals surface area contributed by atoms with Crippen LogP contribution in [0.2, 0.25) is 0 Å². The highest BCUT2D eigenvalue weighted by molar-refractivity contribution is 5.79. The van der Waals surface area contributed by atoms with E-state index in [9.17, 15) is 4.39 Å². The number of halogens is 1. The fraction of sp³-hybridized carbons (Fsp3) is 0.444. The molecule has 0 saturated heterocycles. The van der Waals surface area contributed by atoms with Gasteiger partial charge >= 0.3 is 0 Å². The van der Waals surface area contributed by atoms with E-state index in [1.165, 1.54) is 12.1 Å². The number of aryl methyl sites for hydroxylation is 2. The third-order valence-electron chi connectivity index (χ3n) is 4.02. The second kappa shape index (κ2) is 8.47. The molecule has 0 unspecified atom stereocenters.